The molecule has 0 aliphatic carbocycles. The van der Waals surface area contributed by atoms with Crippen molar-refractivity contribution in [1.29, 1.82) is 0 Å². The first-order chi connectivity index (χ1) is 10.1. The Bertz CT molecular complexity index is 668. The molecule has 5 nitrogen and oxygen atoms in total. The van der Waals surface area contributed by atoms with Crippen LogP contribution in [0, 0.1) is 0 Å². The van der Waals surface area contributed by atoms with Gasteiger partial charge in [0.15, 0.2) is 0 Å². The third kappa shape index (κ3) is 3.45. The molecule has 108 valence electrons. The summed E-state index contributed by atoms with van der Waals surface area (Å²) in [5, 5.41) is 27.2. The van der Waals surface area contributed by atoms with Gasteiger partial charge in [-0.25, -0.2) is 4.79 Å². The zero-order chi connectivity index (χ0) is 15.2. The fourth-order valence-electron chi connectivity index (χ4n) is 2.01. The number of hydrogen-bond acceptors (Lipinski definition) is 4. The second-order valence-corrected chi connectivity index (χ2v) is 4.52. The van der Waals surface area contributed by atoms with Gasteiger partial charge in [-0.1, -0.05) is 37.3 Å². The second kappa shape index (κ2) is 6.65. The van der Waals surface area contributed by atoms with E-state index < -0.39 is 5.97 Å². The predicted octanol–water partition coefficient (Wildman–Crippen LogP) is 4.33. The van der Waals surface area contributed by atoms with Gasteiger partial charge >= 0.3 is 5.97 Å². The molecular weight excluding hydrogens is 268 g/mol. The molecule has 0 heterocycles. The van der Waals surface area contributed by atoms with E-state index in [0.29, 0.717) is 17.7 Å². The minimum Gasteiger partial charge on any atom is -0.508 e. The largest absolute Gasteiger partial charge is 0.508 e. The van der Waals surface area contributed by atoms with Crippen molar-refractivity contribution in [3.05, 3.63) is 59.7 Å². The van der Waals surface area contributed by atoms with Crippen molar-refractivity contribution in [2.75, 3.05) is 0 Å². The molecule has 0 saturated carbocycles. The van der Waals surface area contributed by atoms with Gasteiger partial charge in [-0.05, 0) is 24.6 Å². The number of carboxylic acids is 1. The van der Waals surface area contributed by atoms with Gasteiger partial charge in [0.1, 0.15) is 5.75 Å². The summed E-state index contributed by atoms with van der Waals surface area (Å²) in [5.74, 6) is -0.880. The third-order valence-corrected chi connectivity index (χ3v) is 3.12. The Morgan fingerprint density at radius 1 is 1.14 bits per heavy atom. The van der Waals surface area contributed by atoms with E-state index in [0.717, 1.165) is 0 Å². The molecule has 0 aromatic heterocycles. The Kier molecular flexibility index (Phi) is 4.66. The first-order valence-corrected chi connectivity index (χ1v) is 6.64. The van der Waals surface area contributed by atoms with Gasteiger partial charge in [0.2, 0.25) is 0 Å². The summed E-state index contributed by atoms with van der Waals surface area (Å²) in [6.07, 6.45) is 0.649. The van der Waals surface area contributed by atoms with Crippen molar-refractivity contribution < 1.29 is 15.0 Å². The zero-order valence-corrected chi connectivity index (χ0v) is 11.6. The van der Waals surface area contributed by atoms with Crippen molar-refractivity contribution in [3.8, 4) is 5.75 Å². The molecule has 0 amide bonds. The van der Waals surface area contributed by atoms with Crippen molar-refractivity contribution in [1.82, 2.24) is 0 Å². The lowest BCUT2D eigenvalue weighted by Gasteiger charge is -2.10. The van der Waals surface area contributed by atoms with Gasteiger partial charge in [0.25, 0.3) is 0 Å². The number of azo groups is 1. The average Bonchev–Trinajstić information content (AvgIpc) is 2.49. The molecule has 0 bridgehead atoms. The fraction of sp³-hybridized carbons (Fsp3) is 0.188. The van der Waals surface area contributed by atoms with Crippen LogP contribution < -0.4 is 0 Å². The maximum Gasteiger partial charge on any atom is 0.337 e. The number of hydrogen-bond donors (Lipinski definition) is 2. The van der Waals surface area contributed by atoms with Crippen LogP contribution in [0.15, 0.2) is 58.8 Å². The summed E-state index contributed by atoms with van der Waals surface area (Å²) >= 11 is 0. The van der Waals surface area contributed by atoms with Crippen LogP contribution >= 0.6 is 0 Å². The second-order valence-electron chi connectivity index (χ2n) is 4.52. The minimum atomic E-state index is -1.04. The van der Waals surface area contributed by atoms with E-state index in [1.807, 2.05) is 13.0 Å². The standard InChI is InChI=1S/C16H16N2O3/c1-2-13(11-7-4-6-10-15(11)19)17-18-14-9-5-3-8-12(14)16(20)21/h3-10,13,19H,2H2,1H3,(H,20,21)/b18-17+. The zero-order valence-electron chi connectivity index (χ0n) is 11.6. The van der Waals surface area contributed by atoms with Gasteiger partial charge in [0.05, 0.1) is 17.3 Å². The quantitative estimate of drug-likeness (QED) is 0.802. The van der Waals surface area contributed by atoms with Crippen molar-refractivity contribution in [2.24, 2.45) is 10.2 Å². The number of aromatic hydroxyl groups is 1. The van der Waals surface area contributed by atoms with E-state index in [2.05, 4.69) is 10.2 Å². The molecule has 0 radical (unpaired) electrons. The normalized spacial score (nSPS) is 12.4. The summed E-state index contributed by atoms with van der Waals surface area (Å²) in [7, 11) is 0. The summed E-state index contributed by atoms with van der Waals surface area (Å²) in [4.78, 5) is 11.1. The number of phenols is 1. The first-order valence-electron chi connectivity index (χ1n) is 6.64. The van der Waals surface area contributed by atoms with Gasteiger partial charge < -0.3 is 10.2 Å². The van der Waals surface area contributed by atoms with Crippen LogP contribution in [0.5, 0.6) is 5.75 Å². The molecule has 2 aromatic carbocycles. The molecule has 5 heteroatoms. The van der Waals surface area contributed by atoms with Crippen LogP contribution in [-0.2, 0) is 0 Å². The van der Waals surface area contributed by atoms with Gasteiger partial charge in [-0.2, -0.15) is 10.2 Å². The lowest BCUT2D eigenvalue weighted by atomic mass is 10.0. The van der Waals surface area contributed by atoms with Crippen LogP contribution in [0.1, 0.15) is 35.3 Å². The highest BCUT2D eigenvalue weighted by Gasteiger charge is 2.13. The monoisotopic (exact) mass is 284 g/mol. The van der Waals surface area contributed by atoms with Crippen LogP contribution in [0.2, 0.25) is 0 Å². The van der Waals surface area contributed by atoms with Gasteiger partial charge in [-0.15, -0.1) is 0 Å². The molecule has 0 aliphatic rings. The van der Waals surface area contributed by atoms with E-state index in [-0.39, 0.29) is 17.4 Å². The fourth-order valence-corrected chi connectivity index (χ4v) is 2.01. The molecule has 2 aromatic rings. The van der Waals surface area contributed by atoms with Gasteiger partial charge in [-0.3, -0.25) is 0 Å². The van der Waals surface area contributed by atoms with E-state index in [9.17, 15) is 9.90 Å². The predicted molar refractivity (Wildman–Crippen MR) is 79.1 cm³/mol. The number of nitrogens with zero attached hydrogens (tertiary/aromatic N) is 2. The number of benzene rings is 2. The van der Waals surface area contributed by atoms with Crippen molar-refractivity contribution in [2.45, 2.75) is 19.4 Å². The van der Waals surface area contributed by atoms with Crippen LogP contribution in [-0.4, -0.2) is 16.2 Å². The molecular formula is C16H16N2O3. The van der Waals surface area contributed by atoms with Crippen LogP contribution in [0.25, 0.3) is 0 Å². The Morgan fingerprint density at radius 3 is 2.48 bits per heavy atom. The molecule has 0 fully saturated rings. The molecule has 2 N–H and O–H groups in total. The Labute approximate surface area is 122 Å². The third-order valence-electron chi connectivity index (χ3n) is 3.12. The number of phenolic OH excluding ortho intramolecular Hbond substituents is 1. The Morgan fingerprint density at radius 2 is 1.81 bits per heavy atom. The number of para-hydroxylation sites is 1. The number of rotatable bonds is 5. The highest BCUT2D eigenvalue weighted by molar-refractivity contribution is 5.93. The van der Waals surface area contributed by atoms with E-state index in [1.165, 1.54) is 6.07 Å². The Balaban J connectivity index is 2.31. The van der Waals surface area contributed by atoms with E-state index in [1.54, 1.807) is 36.4 Å². The van der Waals surface area contributed by atoms with Crippen LogP contribution in [0.3, 0.4) is 0 Å². The maximum atomic E-state index is 11.1. The number of carboxylic acid groups (broad SMARTS) is 1. The molecule has 1 atom stereocenters. The van der Waals surface area contributed by atoms with E-state index >= 15 is 0 Å². The average molecular weight is 284 g/mol. The van der Waals surface area contributed by atoms with Crippen molar-refractivity contribution >= 4 is 11.7 Å². The Hall–Kier alpha value is -2.69. The summed E-state index contributed by atoms with van der Waals surface area (Å²) in [5.41, 5.74) is 1.09. The molecule has 21 heavy (non-hydrogen) atoms. The molecule has 0 spiro atoms. The number of carbonyl (C=O) groups is 1. The highest BCUT2D eigenvalue weighted by atomic mass is 16.4. The summed E-state index contributed by atoms with van der Waals surface area (Å²) < 4.78 is 0. The maximum absolute atomic E-state index is 11.1. The minimum absolute atomic E-state index is 0.105. The van der Waals surface area contributed by atoms with Gasteiger partial charge in [0, 0.05) is 5.56 Å². The molecule has 0 aliphatic heterocycles. The van der Waals surface area contributed by atoms with E-state index in [4.69, 9.17) is 5.11 Å². The molecule has 2 rings (SSSR count). The molecule has 0 saturated heterocycles. The lowest BCUT2D eigenvalue weighted by molar-refractivity contribution is 0.0697. The summed E-state index contributed by atoms with van der Waals surface area (Å²) in [6, 6.07) is 13.1. The molecule has 1 unspecified atom stereocenters. The number of aromatic carboxylic acids is 1. The smallest absolute Gasteiger partial charge is 0.337 e. The summed E-state index contributed by atoms with van der Waals surface area (Å²) in [6.45, 7) is 1.93. The van der Waals surface area contributed by atoms with Crippen molar-refractivity contribution in [3.63, 3.8) is 0 Å². The SMILES string of the molecule is CCC(/N=N/c1ccccc1C(=O)O)c1ccccc1O. The highest BCUT2D eigenvalue weighted by Crippen LogP contribution is 2.30. The first kappa shape index (κ1) is 14.7. The van der Waals surface area contributed by atoms with Crippen LogP contribution in [0.4, 0.5) is 5.69 Å². The lowest BCUT2D eigenvalue weighted by Crippen LogP contribution is -1.96. The topological polar surface area (TPSA) is 82.2 Å².